The number of phenols is 1. The highest BCUT2D eigenvalue weighted by molar-refractivity contribution is 5.88. The molecular formula is C21H25NO4. The summed E-state index contributed by atoms with van der Waals surface area (Å²) in [5.74, 6) is 1.48. The summed E-state index contributed by atoms with van der Waals surface area (Å²) < 4.78 is 6.12. The molecule has 5 nitrogen and oxygen atoms in total. The zero-order chi connectivity index (χ0) is 17.7. The predicted molar refractivity (Wildman–Crippen MR) is 94.4 cm³/mol. The van der Waals surface area contributed by atoms with Crippen LogP contribution < -0.4 is 4.74 Å². The van der Waals surface area contributed by atoms with Crippen molar-refractivity contribution in [2.24, 2.45) is 5.92 Å². The lowest BCUT2D eigenvalue weighted by molar-refractivity contribution is -0.127. The summed E-state index contributed by atoms with van der Waals surface area (Å²) in [5.41, 5.74) is 0.815. The molecular weight excluding hydrogens is 330 g/mol. The Morgan fingerprint density at radius 3 is 2.92 bits per heavy atom. The molecule has 2 saturated carbocycles. The molecule has 3 aliphatic carbocycles. The molecule has 1 unspecified atom stereocenters. The van der Waals surface area contributed by atoms with Gasteiger partial charge in [0.15, 0.2) is 23.4 Å². The molecule has 2 heterocycles. The second-order valence-electron chi connectivity index (χ2n) is 9.26. The normalized spacial score (nSPS) is 40.7. The number of likely N-dealkylation sites (tertiary alicyclic amines) is 1. The van der Waals surface area contributed by atoms with E-state index >= 15 is 0 Å². The molecule has 2 N–H and O–H groups in total. The van der Waals surface area contributed by atoms with Crippen molar-refractivity contribution in [1.29, 1.82) is 0 Å². The van der Waals surface area contributed by atoms with Crippen molar-refractivity contribution < 1.29 is 19.7 Å². The highest BCUT2D eigenvalue weighted by Gasteiger charge is 2.64. The lowest BCUT2D eigenvalue weighted by Crippen LogP contribution is -2.53. The molecule has 138 valence electrons. The number of Topliss-reactive ketones (excluding diaryl/α,β-unsaturated/α-hetero) is 1. The molecule has 3 bridgehead atoms. The van der Waals surface area contributed by atoms with Crippen molar-refractivity contribution >= 4 is 5.78 Å². The fourth-order valence-corrected chi connectivity index (χ4v) is 6.32. The van der Waals surface area contributed by atoms with E-state index in [9.17, 15) is 15.0 Å². The number of rotatable bonds is 2. The monoisotopic (exact) mass is 355 g/mol. The number of aromatic hydroxyl groups is 1. The molecule has 6 rings (SSSR count). The molecule has 3 fully saturated rings. The zero-order valence-electron chi connectivity index (χ0n) is 14.9. The molecule has 0 radical (unpaired) electrons. The van der Waals surface area contributed by atoms with Crippen LogP contribution in [0.25, 0.3) is 0 Å². The SMILES string of the molecule is O=C1CC[C@@]2(O)CC34CCN(CC5CC5)[C@H]2Cc2ccc(O)c(c23)O[C@H]14. The van der Waals surface area contributed by atoms with Crippen molar-refractivity contribution in [2.75, 3.05) is 13.1 Å². The van der Waals surface area contributed by atoms with Crippen molar-refractivity contribution in [3.05, 3.63) is 23.3 Å². The second kappa shape index (κ2) is 4.82. The summed E-state index contributed by atoms with van der Waals surface area (Å²) >= 11 is 0. The minimum atomic E-state index is -0.866. The average Bonchev–Trinajstić information content (AvgIpc) is 3.40. The number of carbonyl (C=O) groups excluding carboxylic acids is 1. The van der Waals surface area contributed by atoms with E-state index in [0.717, 1.165) is 43.0 Å². The van der Waals surface area contributed by atoms with Crippen LogP contribution in [-0.4, -0.2) is 51.7 Å². The van der Waals surface area contributed by atoms with Crippen LogP contribution in [0.5, 0.6) is 11.5 Å². The van der Waals surface area contributed by atoms with E-state index in [0.29, 0.717) is 25.0 Å². The summed E-state index contributed by atoms with van der Waals surface area (Å²) in [6.45, 7) is 1.95. The Labute approximate surface area is 152 Å². The molecule has 1 saturated heterocycles. The first-order valence-corrected chi connectivity index (χ1v) is 10.0. The number of carbonyl (C=O) groups is 1. The number of aliphatic hydroxyl groups is 1. The molecule has 1 aromatic rings. The van der Waals surface area contributed by atoms with Crippen LogP contribution in [-0.2, 0) is 16.6 Å². The minimum Gasteiger partial charge on any atom is -0.504 e. The predicted octanol–water partition coefficient (Wildman–Crippen LogP) is 1.92. The van der Waals surface area contributed by atoms with Crippen LogP contribution >= 0.6 is 0 Å². The topological polar surface area (TPSA) is 70.0 Å². The Hall–Kier alpha value is -1.59. The number of hydrogen-bond acceptors (Lipinski definition) is 5. The summed E-state index contributed by atoms with van der Waals surface area (Å²) in [7, 11) is 0. The smallest absolute Gasteiger partial charge is 0.174 e. The molecule has 1 spiro atoms. The Balaban J connectivity index is 1.59. The van der Waals surface area contributed by atoms with Gasteiger partial charge in [0.1, 0.15) is 0 Å². The van der Waals surface area contributed by atoms with Crippen LogP contribution in [0, 0.1) is 5.92 Å². The van der Waals surface area contributed by atoms with E-state index in [4.69, 9.17) is 4.74 Å². The summed E-state index contributed by atoms with van der Waals surface area (Å²) in [6.07, 6.45) is 5.09. The quantitative estimate of drug-likeness (QED) is 0.848. The van der Waals surface area contributed by atoms with Crippen molar-refractivity contribution in [3.63, 3.8) is 0 Å². The van der Waals surface area contributed by atoms with Gasteiger partial charge in [-0.05, 0) is 62.6 Å². The van der Waals surface area contributed by atoms with Crippen LogP contribution in [0.4, 0.5) is 0 Å². The van der Waals surface area contributed by atoms with Gasteiger partial charge >= 0.3 is 0 Å². The summed E-state index contributed by atoms with van der Waals surface area (Å²) in [6, 6.07) is 3.73. The van der Waals surface area contributed by atoms with E-state index in [1.807, 2.05) is 6.07 Å². The van der Waals surface area contributed by atoms with Gasteiger partial charge in [-0.3, -0.25) is 9.69 Å². The van der Waals surface area contributed by atoms with E-state index < -0.39 is 17.1 Å². The Bertz CT molecular complexity index is 818. The lowest BCUT2D eigenvalue weighted by atomic mass is 9.68. The molecule has 5 heteroatoms. The maximum absolute atomic E-state index is 12.9. The number of ether oxygens (including phenoxy) is 1. The van der Waals surface area contributed by atoms with Gasteiger partial charge in [0.2, 0.25) is 0 Å². The third-order valence-electron chi connectivity index (χ3n) is 7.69. The van der Waals surface area contributed by atoms with Gasteiger partial charge in [-0.15, -0.1) is 0 Å². The molecule has 2 aliphatic heterocycles. The van der Waals surface area contributed by atoms with E-state index in [1.165, 1.54) is 12.8 Å². The molecule has 5 aliphatic rings. The standard InChI is InChI=1S/C21H25NO4/c23-14-4-3-13-9-16-21(25)6-5-15(24)19-20(11-21,17(13)18(14)26-19)7-8-22(16)10-12-1-2-12/h3-4,12,16,19,23,25H,1-2,5-11H2/t16-,19+,20?,21+/m0/s1. The fraction of sp³-hybridized carbons (Fsp3) is 0.667. The first kappa shape index (κ1) is 15.5. The van der Waals surface area contributed by atoms with Crippen LogP contribution in [0.15, 0.2) is 12.1 Å². The van der Waals surface area contributed by atoms with Crippen LogP contribution in [0.2, 0.25) is 0 Å². The van der Waals surface area contributed by atoms with Crippen LogP contribution in [0.1, 0.15) is 49.7 Å². The fourth-order valence-electron chi connectivity index (χ4n) is 6.32. The van der Waals surface area contributed by atoms with Crippen LogP contribution in [0.3, 0.4) is 0 Å². The van der Waals surface area contributed by atoms with Gasteiger partial charge in [0.25, 0.3) is 0 Å². The van der Waals surface area contributed by atoms with Gasteiger partial charge in [0.05, 0.1) is 5.60 Å². The first-order valence-electron chi connectivity index (χ1n) is 10.0. The van der Waals surface area contributed by atoms with Gasteiger partial charge in [-0.1, -0.05) is 6.07 Å². The average molecular weight is 355 g/mol. The third kappa shape index (κ3) is 1.86. The minimum absolute atomic E-state index is 0.0493. The maximum Gasteiger partial charge on any atom is 0.174 e. The molecule has 26 heavy (non-hydrogen) atoms. The number of nitrogens with zero attached hydrogens (tertiary/aromatic N) is 1. The molecule has 1 aromatic carbocycles. The highest BCUT2D eigenvalue weighted by Crippen LogP contribution is 2.60. The van der Waals surface area contributed by atoms with Gasteiger partial charge in [-0.2, -0.15) is 0 Å². The largest absolute Gasteiger partial charge is 0.504 e. The number of benzene rings is 1. The van der Waals surface area contributed by atoms with Gasteiger partial charge in [-0.25, -0.2) is 0 Å². The lowest BCUT2D eigenvalue weighted by Gasteiger charge is -2.41. The van der Waals surface area contributed by atoms with Gasteiger partial charge in [0, 0.05) is 30.0 Å². The molecule has 4 atom stereocenters. The molecule has 0 aromatic heterocycles. The maximum atomic E-state index is 12.9. The summed E-state index contributed by atoms with van der Waals surface area (Å²) in [4.78, 5) is 15.4. The van der Waals surface area contributed by atoms with Crippen molar-refractivity contribution in [1.82, 2.24) is 4.90 Å². The Morgan fingerprint density at radius 2 is 2.12 bits per heavy atom. The Morgan fingerprint density at radius 1 is 1.27 bits per heavy atom. The first-order chi connectivity index (χ1) is 12.5. The van der Waals surface area contributed by atoms with Crippen molar-refractivity contribution in [3.8, 4) is 11.5 Å². The van der Waals surface area contributed by atoms with E-state index in [-0.39, 0.29) is 17.6 Å². The number of ketones is 1. The second-order valence-corrected chi connectivity index (χ2v) is 9.26. The highest BCUT2D eigenvalue weighted by atomic mass is 16.5. The zero-order valence-corrected chi connectivity index (χ0v) is 14.9. The summed E-state index contributed by atoms with van der Waals surface area (Å²) in [5, 5.41) is 22.2. The van der Waals surface area contributed by atoms with Gasteiger partial charge < -0.3 is 14.9 Å². The number of phenolic OH excluding ortho intramolecular Hbond substituents is 1. The molecule has 0 amide bonds. The Kier molecular flexibility index (Phi) is 2.86. The van der Waals surface area contributed by atoms with E-state index in [2.05, 4.69) is 4.90 Å². The van der Waals surface area contributed by atoms with Crippen molar-refractivity contribution in [2.45, 2.75) is 68.1 Å². The third-order valence-corrected chi connectivity index (χ3v) is 7.69. The van der Waals surface area contributed by atoms with E-state index in [1.54, 1.807) is 6.07 Å². The number of hydrogen-bond donors (Lipinski definition) is 2.